The van der Waals surface area contributed by atoms with Gasteiger partial charge in [-0.25, -0.2) is 4.79 Å². The molecule has 0 saturated carbocycles. The van der Waals surface area contributed by atoms with Gasteiger partial charge in [-0.15, -0.1) is 0 Å². The second kappa shape index (κ2) is 16.9. The number of hydrogen-bond acceptors (Lipinski definition) is 8. The summed E-state index contributed by atoms with van der Waals surface area (Å²) >= 11 is 6.22. The summed E-state index contributed by atoms with van der Waals surface area (Å²) in [5, 5.41) is 18.6. The minimum absolute atomic E-state index is 0.327. The van der Waals surface area contributed by atoms with Gasteiger partial charge >= 0.3 is 13.1 Å². The van der Waals surface area contributed by atoms with E-state index < -0.39 is 7.12 Å². The van der Waals surface area contributed by atoms with Gasteiger partial charge in [0.15, 0.2) is 0 Å². The van der Waals surface area contributed by atoms with Crippen molar-refractivity contribution in [3.05, 3.63) is 64.2 Å². The number of methoxy groups -OCH3 is 1. The van der Waals surface area contributed by atoms with Crippen LogP contribution in [0, 0.1) is 0 Å². The molecule has 8 nitrogen and oxygen atoms in total. The molecule has 0 spiro atoms. The average molecular weight is 547 g/mol. The zero-order valence-corrected chi connectivity index (χ0v) is 23.7. The fraction of sp³-hybridized carbons (Fsp3) is 0.536. The lowest BCUT2D eigenvalue weighted by Gasteiger charge is -2.30. The first-order valence-corrected chi connectivity index (χ1v) is 13.9. The maximum atomic E-state index is 11.4. The van der Waals surface area contributed by atoms with Gasteiger partial charge in [-0.1, -0.05) is 55.8 Å². The maximum Gasteiger partial charge on any atom is 0.488 e. The molecule has 2 aliphatic rings. The summed E-state index contributed by atoms with van der Waals surface area (Å²) in [7, 11) is -0.0155. The van der Waals surface area contributed by atoms with Gasteiger partial charge in [0.05, 0.1) is 12.7 Å². The lowest BCUT2D eigenvalue weighted by molar-refractivity contribution is 0.0600. The second-order valence-electron chi connectivity index (χ2n) is 9.64. The van der Waals surface area contributed by atoms with Gasteiger partial charge in [-0.05, 0) is 80.6 Å². The van der Waals surface area contributed by atoms with Gasteiger partial charge in [-0.3, -0.25) is 9.80 Å². The SMILES string of the molecule is CC.COC(=O)c1ccc(CN2CCC(N)CC2)c(Cl)c1.NC1CCN(Cc2ccc(B(O)O)cc2)CC1. The Labute approximate surface area is 233 Å². The fourth-order valence-electron chi connectivity index (χ4n) is 4.44. The molecule has 0 bridgehead atoms. The van der Waals surface area contributed by atoms with E-state index in [4.69, 9.17) is 33.1 Å². The van der Waals surface area contributed by atoms with Crippen LogP contribution in [0.15, 0.2) is 42.5 Å². The Balaban J connectivity index is 0.000000252. The van der Waals surface area contributed by atoms with Crippen LogP contribution in [0.3, 0.4) is 0 Å². The van der Waals surface area contributed by atoms with Crippen molar-refractivity contribution in [3.8, 4) is 0 Å². The van der Waals surface area contributed by atoms with Gasteiger partial charge in [0, 0.05) is 30.2 Å². The van der Waals surface area contributed by atoms with Crippen molar-refractivity contribution in [2.75, 3.05) is 33.3 Å². The number of piperidine rings is 2. The largest absolute Gasteiger partial charge is 0.488 e. The molecule has 210 valence electrons. The van der Waals surface area contributed by atoms with Crippen molar-refractivity contribution >= 4 is 30.2 Å². The number of rotatable bonds is 6. The molecule has 4 rings (SSSR count). The predicted octanol–water partition coefficient (Wildman–Crippen LogP) is 2.37. The predicted molar refractivity (Wildman–Crippen MR) is 155 cm³/mol. The summed E-state index contributed by atoms with van der Waals surface area (Å²) in [6, 6.07) is 13.4. The van der Waals surface area contributed by atoms with Crippen molar-refractivity contribution in [2.45, 2.75) is 64.7 Å². The van der Waals surface area contributed by atoms with Crippen LogP contribution in [0.25, 0.3) is 0 Å². The van der Waals surface area contributed by atoms with E-state index in [1.165, 1.54) is 12.7 Å². The average Bonchev–Trinajstić information content (AvgIpc) is 2.93. The first-order chi connectivity index (χ1) is 18.2. The number of nitrogens with zero attached hydrogens (tertiary/aromatic N) is 2. The Morgan fingerprint density at radius 2 is 1.42 bits per heavy atom. The topological polar surface area (TPSA) is 125 Å². The van der Waals surface area contributed by atoms with E-state index in [0.717, 1.165) is 70.5 Å². The molecular formula is C28H44BClN4O4. The molecule has 2 fully saturated rings. The van der Waals surface area contributed by atoms with Crippen LogP contribution >= 0.6 is 11.6 Å². The third kappa shape index (κ3) is 10.7. The van der Waals surface area contributed by atoms with Crippen LogP contribution in [0.2, 0.25) is 5.02 Å². The Kier molecular flexibility index (Phi) is 14.3. The molecule has 0 unspecified atom stereocenters. The monoisotopic (exact) mass is 546 g/mol. The van der Waals surface area contributed by atoms with E-state index in [9.17, 15) is 4.79 Å². The maximum absolute atomic E-state index is 11.4. The van der Waals surface area contributed by atoms with Crippen LogP contribution in [0.4, 0.5) is 0 Å². The van der Waals surface area contributed by atoms with Crippen LogP contribution < -0.4 is 16.9 Å². The Bertz CT molecular complexity index is 964. The molecule has 38 heavy (non-hydrogen) atoms. The number of hydrogen-bond donors (Lipinski definition) is 4. The van der Waals surface area contributed by atoms with Crippen LogP contribution in [-0.2, 0) is 17.8 Å². The Hall–Kier alpha value is -1.98. The standard InChI is InChI=1S/C14H19ClN2O2.C12H19BN2O2.C2H6/c1-19-14(18)10-2-3-11(13(15)8-10)9-17-6-4-12(16)5-7-17;14-12-5-7-15(8-6-12)9-10-1-3-11(4-2-10)13(16)17;1-2/h2-3,8,12H,4-7,9,16H2,1H3;1-4,12,16-17H,5-9,14H2;1-2H3. The summed E-state index contributed by atoms with van der Waals surface area (Å²) < 4.78 is 4.67. The van der Waals surface area contributed by atoms with Gasteiger partial charge in [-0.2, -0.15) is 0 Å². The fourth-order valence-corrected chi connectivity index (χ4v) is 4.68. The molecule has 2 aliphatic heterocycles. The number of esters is 1. The highest BCUT2D eigenvalue weighted by atomic mass is 35.5. The molecule has 2 saturated heterocycles. The number of halogens is 1. The molecule has 0 amide bonds. The van der Waals surface area contributed by atoms with Crippen molar-refractivity contribution in [3.63, 3.8) is 0 Å². The third-order valence-electron chi connectivity index (χ3n) is 6.82. The quantitative estimate of drug-likeness (QED) is 0.321. The highest BCUT2D eigenvalue weighted by Crippen LogP contribution is 2.22. The van der Waals surface area contributed by atoms with Gasteiger partial charge in [0.1, 0.15) is 0 Å². The zero-order valence-electron chi connectivity index (χ0n) is 23.0. The molecule has 2 heterocycles. The minimum atomic E-state index is -1.38. The van der Waals surface area contributed by atoms with Crippen molar-refractivity contribution < 1.29 is 19.6 Å². The molecular weight excluding hydrogens is 503 g/mol. The van der Waals surface area contributed by atoms with Gasteiger partial charge in [0.2, 0.25) is 0 Å². The molecule has 6 N–H and O–H groups in total. The first kappa shape index (κ1) is 32.2. The molecule has 0 radical (unpaired) electrons. The lowest BCUT2D eigenvalue weighted by atomic mass is 9.80. The molecule has 2 aromatic rings. The molecule has 0 aliphatic carbocycles. The Morgan fingerprint density at radius 1 is 0.921 bits per heavy atom. The molecule has 2 aromatic carbocycles. The number of benzene rings is 2. The van der Waals surface area contributed by atoms with E-state index in [2.05, 4.69) is 14.5 Å². The summed E-state index contributed by atoms with van der Waals surface area (Å²) in [6.45, 7) is 9.80. The van der Waals surface area contributed by atoms with Gasteiger partial charge in [0.25, 0.3) is 0 Å². The number of carbonyl (C=O) groups excluding carboxylic acids is 1. The lowest BCUT2D eigenvalue weighted by Crippen LogP contribution is -2.39. The van der Waals surface area contributed by atoms with E-state index in [0.29, 0.717) is 28.1 Å². The van der Waals surface area contributed by atoms with Crippen LogP contribution in [0.5, 0.6) is 0 Å². The molecule has 0 aromatic heterocycles. The normalized spacial score (nSPS) is 17.1. The number of ether oxygens (including phenoxy) is 1. The first-order valence-electron chi connectivity index (χ1n) is 13.5. The van der Waals surface area contributed by atoms with E-state index in [1.807, 2.05) is 32.0 Å². The number of likely N-dealkylation sites (tertiary alicyclic amines) is 2. The highest BCUT2D eigenvalue weighted by molar-refractivity contribution is 6.58. The van der Waals surface area contributed by atoms with Crippen molar-refractivity contribution in [1.29, 1.82) is 0 Å². The minimum Gasteiger partial charge on any atom is -0.465 e. The highest BCUT2D eigenvalue weighted by Gasteiger charge is 2.18. The summed E-state index contributed by atoms with van der Waals surface area (Å²) in [5.74, 6) is -0.364. The third-order valence-corrected chi connectivity index (χ3v) is 7.17. The molecule has 0 atom stereocenters. The summed E-state index contributed by atoms with van der Waals surface area (Å²) in [4.78, 5) is 16.1. The van der Waals surface area contributed by atoms with E-state index in [1.54, 1.807) is 24.3 Å². The van der Waals surface area contributed by atoms with Crippen LogP contribution in [-0.4, -0.2) is 78.3 Å². The zero-order chi connectivity index (χ0) is 28.1. The van der Waals surface area contributed by atoms with Gasteiger partial charge < -0.3 is 26.3 Å². The smallest absolute Gasteiger partial charge is 0.465 e. The van der Waals surface area contributed by atoms with Crippen molar-refractivity contribution in [2.24, 2.45) is 11.5 Å². The summed E-state index contributed by atoms with van der Waals surface area (Å²) in [5.41, 5.74) is 15.0. The van der Waals surface area contributed by atoms with E-state index in [-0.39, 0.29) is 5.97 Å². The van der Waals surface area contributed by atoms with E-state index >= 15 is 0 Å². The van der Waals surface area contributed by atoms with Crippen LogP contribution in [0.1, 0.15) is 61.0 Å². The summed E-state index contributed by atoms with van der Waals surface area (Å²) in [6.07, 6.45) is 4.18. The number of carbonyl (C=O) groups is 1. The Morgan fingerprint density at radius 3 is 1.87 bits per heavy atom. The molecule has 10 heteroatoms. The van der Waals surface area contributed by atoms with Crippen molar-refractivity contribution in [1.82, 2.24) is 9.80 Å². The second-order valence-corrected chi connectivity index (χ2v) is 10.0. The number of nitrogens with two attached hydrogens (primary N) is 2.